The van der Waals surface area contributed by atoms with Gasteiger partial charge in [0.1, 0.15) is 0 Å². The summed E-state index contributed by atoms with van der Waals surface area (Å²) in [5.74, 6) is 0. The Morgan fingerprint density at radius 1 is 1.21 bits per heavy atom. The summed E-state index contributed by atoms with van der Waals surface area (Å²) in [7, 11) is 2.01. The zero-order chi connectivity index (χ0) is 13.7. The molecule has 0 aliphatic heterocycles. The number of aryl methyl sites for hydroxylation is 1. The quantitative estimate of drug-likeness (QED) is 0.852. The third kappa shape index (κ3) is 4.04. The van der Waals surface area contributed by atoms with E-state index in [1.165, 1.54) is 11.1 Å². The number of hydrogen-bond acceptors (Lipinski definition) is 2. The molecule has 2 nitrogen and oxygen atoms in total. The van der Waals surface area contributed by atoms with Crippen LogP contribution in [-0.2, 0) is 13.0 Å². The summed E-state index contributed by atoms with van der Waals surface area (Å²) in [5.41, 5.74) is 3.67. The van der Waals surface area contributed by atoms with Crippen LogP contribution < -0.4 is 5.32 Å². The molecule has 1 aromatic heterocycles. The number of thiophene rings is 1. The van der Waals surface area contributed by atoms with Crippen molar-refractivity contribution in [2.24, 2.45) is 0 Å². The Balaban J connectivity index is 1.92. The molecule has 0 bridgehead atoms. The molecule has 100 valence electrons. The van der Waals surface area contributed by atoms with Gasteiger partial charge in [-0.15, -0.1) is 0 Å². The molecule has 0 fully saturated rings. The summed E-state index contributed by atoms with van der Waals surface area (Å²) in [4.78, 5) is 2.05. The molecule has 0 saturated heterocycles. The lowest BCUT2D eigenvalue weighted by atomic mass is 10.1. The van der Waals surface area contributed by atoms with Crippen molar-refractivity contribution in [1.29, 1.82) is 0 Å². The topological polar surface area (TPSA) is 15.3 Å². The number of nitrogens with one attached hydrogen (secondary N) is 1. The molecule has 0 atom stereocenters. The second-order valence-corrected chi connectivity index (χ2v) is 5.64. The minimum absolute atomic E-state index is 0.746. The maximum Gasteiger partial charge on any atom is 0.173 e. The van der Waals surface area contributed by atoms with Gasteiger partial charge >= 0.3 is 0 Å². The van der Waals surface area contributed by atoms with Gasteiger partial charge in [0.05, 0.1) is 0 Å². The molecule has 19 heavy (non-hydrogen) atoms. The summed E-state index contributed by atoms with van der Waals surface area (Å²) in [6.45, 7) is 2.99. The smallest absolute Gasteiger partial charge is 0.173 e. The van der Waals surface area contributed by atoms with Gasteiger partial charge in [0, 0.05) is 19.3 Å². The molecular formula is C15H18N2S2. The first-order valence-electron chi connectivity index (χ1n) is 6.31. The van der Waals surface area contributed by atoms with E-state index in [2.05, 4.69) is 53.3 Å². The van der Waals surface area contributed by atoms with Crippen molar-refractivity contribution < 1.29 is 0 Å². The largest absolute Gasteiger partial charge is 0.348 e. The number of anilines is 1. The van der Waals surface area contributed by atoms with E-state index in [4.69, 9.17) is 12.2 Å². The van der Waals surface area contributed by atoms with Gasteiger partial charge in [-0.05, 0) is 58.7 Å². The van der Waals surface area contributed by atoms with Crippen molar-refractivity contribution in [3.8, 4) is 0 Å². The summed E-state index contributed by atoms with van der Waals surface area (Å²) >= 11 is 7.12. The van der Waals surface area contributed by atoms with E-state index >= 15 is 0 Å². The van der Waals surface area contributed by atoms with E-state index in [1.54, 1.807) is 11.3 Å². The van der Waals surface area contributed by atoms with Crippen LogP contribution in [0.4, 0.5) is 5.69 Å². The van der Waals surface area contributed by atoms with Gasteiger partial charge in [-0.2, -0.15) is 11.3 Å². The number of benzene rings is 1. The van der Waals surface area contributed by atoms with Crippen molar-refractivity contribution in [3.05, 3.63) is 52.2 Å². The number of rotatable bonds is 4. The molecule has 1 heterocycles. The number of thiocarbonyl (C=S) groups is 1. The lowest BCUT2D eigenvalue weighted by Crippen LogP contribution is -2.30. The molecule has 2 rings (SSSR count). The standard InChI is InChI=1S/C15H18N2S2/c1-3-12-4-6-14(7-5-12)16-15(18)17(2)10-13-8-9-19-11-13/h4-9,11H,3,10H2,1-2H3,(H,16,18). The first-order valence-corrected chi connectivity index (χ1v) is 7.66. The van der Waals surface area contributed by atoms with Gasteiger partial charge in [-0.3, -0.25) is 0 Å². The van der Waals surface area contributed by atoms with Crippen LogP contribution in [0.25, 0.3) is 0 Å². The average Bonchev–Trinajstić information content (AvgIpc) is 2.92. The van der Waals surface area contributed by atoms with Crippen molar-refractivity contribution in [2.45, 2.75) is 19.9 Å². The van der Waals surface area contributed by atoms with Crippen LogP contribution >= 0.6 is 23.6 Å². The van der Waals surface area contributed by atoms with E-state index in [1.807, 2.05) is 11.9 Å². The van der Waals surface area contributed by atoms with Crippen molar-refractivity contribution in [2.75, 3.05) is 12.4 Å². The molecule has 0 amide bonds. The number of hydrogen-bond donors (Lipinski definition) is 1. The van der Waals surface area contributed by atoms with Crippen LogP contribution in [0.5, 0.6) is 0 Å². The first kappa shape index (κ1) is 14.0. The van der Waals surface area contributed by atoms with Crippen LogP contribution in [-0.4, -0.2) is 17.1 Å². The van der Waals surface area contributed by atoms with E-state index in [0.29, 0.717) is 0 Å². The molecule has 0 aliphatic rings. The fourth-order valence-corrected chi connectivity index (χ4v) is 2.61. The Kier molecular flexibility index (Phi) is 4.93. The average molecular weight is 290 g/mol. The van der Waals surface area contributed by atoms with Gasteiger partial charge < -0.3 is 10.2 Å². The highest BCUT2D eigenvalue weighted by atomic mass is 32.1. The molecule has 0 radical (unpaired) electrons. The SMILES string of the molecule is CCc1ccc(NC(=S)N(C)Cc2ccsc2)cc1. The number of nitrogens with zero attached hydrogens (tertiary/aromatic N) is 1. The molecule has 2 aromatic rings. The highest BCUT2D eigenvalue weighted by molar-refractivity contribution is 7.80. The lowest BCUT2D eigenvalue weighted by molar-refractivity contribution is 0.509. The lowest BCUT2D eigenvalue weighted by Gasteiger charge is -2.20. The molecule has 1 aromatic carbocycles. The van der Waals surface area contributed by atoms with Crippen LogP contribution in [0, 0.1) is 0 Å². The Morgan fingerprint density at radius 2 is 1.95 bits per heavy atom. The Hall–Kier alpha value is -1.39. The van der Waals surface area contributed by atoms with Gasteiger partial charge in [-0.25, -0.2) is 0 Å². The monoisotopic (exact) mass is 290 g/mol. The van der Waals surface area contributed by atoms with Gasteiger partial charge in [-0.1, -0.05) is 19.1 Å². The van der Waals surface area contributed by atoms with E-state index in [9.17, 15) is 0 Å². The molecule has 4 heteroatoms. The normalized spacial score (nSPS) is 10.2. The zero-order valence-corrected chi connectivity index (χ0v) is 12.9. The molecule has 0 spiro atoms. The summed E-state index contributed by atoms with van der Waals surface area (Å²) in [5, 5.41) is 8.25. The van der Waals surface area contributed by atoms with Crippen LogP contribution in [0.3, 0.4) is 0 Å². The first-order chi connectivity index (χ1) is 9.19. The fraction of sp³-hybridized carbons (Fsp3) is 0.267. The summed E-state index contributed by atoms with van der Waals surface area (Å²) < 4.78 is 0. The second kappa shape index (κ2) is 6.68. The van der Waals surface area contributed by atoms with Gasteiger partial charge in [0.15, 0.2) is 5.11 Å². The highest BCUT2D eigenvalue weighted by Crippen LogP contribution is 2.12. The minimum Gasteiger partial charge on any atom is -0.348 e. The Bertz CT molecular complexity index is 518. The van der Waals surface area contributed by atoms with Crippen molar-refractivity contribution in [1.82, 2.24) is 4.90 Å². The highest BCUT2D eigenvalue weighted by Gasteiger charge is 2.05. The van der Waals surface area contributed by atoms with E-state index < -0.39 is 0 Å². The van der Waals surface area contributed by atoms with E-state index in [0.717, 1.165) is 23.8 Å². The van der Waals surface area contributed by atoms with E-state index in [-0.39, 0.29) is 0 Å². The maximum atomic E-state index is 5.41. The molecule has 0 aliphatic carbocycles. The van der Waals surface area contributed by atoms with Crippen LogP contribution in [0.15, 0.2) is 41.1 Å². The molecule has 1 N–H and O–H groups in total. The molecule has 0 unspecified atom stereocenters. The van der Waals surface area contributed by atoms with Crippen molar-refractivity contribution in [3.63, 3.8) is 0 Å². The van der Waals surface area contributed by atoms with Crippen molar-refractivity contribution >= 4 is 34.4 Å². The van der Waals surface area contributed by atoms with Gasteiger partial charge in [0.25, 0.3) is 0 Å². The summed E-state index contributed by atoms with van der Waals surface area (Å²) in [6, 6.07) is 10.5. The third-order valence-electron chi connectivity index (χ3n) is 2.96. The third-order valence-corrected chi connectivity index (χ3v) is 4.11. The second-order valence-electron chi connectivity index (χ2n) is 4.47. The molecular weight excluding hydrogens is 272 g/mol. The Labute approximate surface area is 124 Å². The predicted octanol–water partition coefficient (Wildman–Crippen LogP) is 4.14. The minimum atomic E-state index is 0.746. The fourth-order valence-electron chi connectivity index (χ4n) is 1.77. The summed E-state index contributed by atoms with van der Waals surface area (Å²) in [6.07, 6.45) is 1.06. The molecule has 0 saturated carbocycles. The van der Waals surface area contributed by atoms with Crippen LogP contribution in [0.2, 0.25) is 0 Å². The van der Waals surface area contributed by atoms with Crippen LogP contribution in [0.1, 0.15) is 18.1 Å². The maximum absolute atomic E-state index is 5.41. The zero-order valence-electron chi connectivity index (χ0n) is 11.2. The predicted molar refractivity (Wildman–Crippen MR) is 87.8 cm³/mol. The van der Waals surface area contributed by atoms with Gasteiger partial charge in [0.2, 0.25) is 0 Å². The Morgan fingerprint density at radius 3 is 2.53 bits per heavy atom.